The normalized spacial score (nSPS) is 22.2. The second-order valence-electron chi connectivity index (χ2n) is 5.17. The van der Waals surface area contributed by atoms with E-state index >= 15 is 0 Å². The largest absolute Gasteiger partial charge is 0.453 e. The van der Waals surface area contributed by atoms with Crippen molar-refractivity contribution in [3.8, 4) is 0 Å². The van der Waals surface area contributed by atoms with Crippen molar-refractivity contribution in [3.05, 3.63) is 52.2 Å². The summed E-state index contributed by atoms with van der Waals surface area (Å²) in [4.78, 5) is 8.21. The number of hydrogen-bond donors (Lipinski definition) is 0. The number of hydrogen-bond acceptors (Lipinski definition) is 4. The molecule has 0 aliphatic carbocycles. The van der Waals surface area contributed by atoms with Crippen LogP contribution in [0, 0.1) is 0 Å². The SMILES string of the molecule is c1csc(C2=Nc3ccccc3C(N3CCCC3)O2)c1. The highest BCUT2D eigenvalue weighted by Gasteiger charge is 2.31. The van der Waals surface area contributed by atoms with Gasteiger partial charge >= 0.3 is 0 Å². The number of nitrogens with zero attached hydrogens (tertiary/aromatic N) is 2. The van der Waals surface area contributed by atoms with Crippen LogP contribution in [0.25, 0.3) is 0 Å². The molecule has 4 rings (SSSR count). The maximum absolute atomic E-state index is 6.23. The summed E-state index contributed by atoms with van der Waals surface area (Å²) in [6, 6.07) is 12.4. The molecule has 0 bridgehead atoms. The highest BCUT2D eigenvalue weighted by atomic mass is 32.1. The van der Waals surface area contributed by atoms with E-state index in [1.165, 1.54) is 18.4 Å². The van der Waals surface area contributed by atoms with Gasteiger partial charge in [-0.25, -0.2) is 4.99 Å². The number of likely N-dealkylation sites (tertiary alicyclic amines) is 1. The van der Waals surface area contributed by atoms with Crippen LogP contribution in [0.3, 0.4) is 0 Å². The smallest absolute Gasteiger partial charge is 0.233 e. The van der Waals surface area contributed by atoms with Crippen molar-refractivity contribution in [2.75, 3.05) is 13.1 Å². The molecule has 1 saturated heterocycles. The first-order valence-electron chi connectivity index (χ1n) is 7.04. The molecule has 20 heavy (non-hydrogen) atoms. The van der Waals surface area contributed by atoms with Crippen LogP contribution in [0.1, 0.15) is 29.5 Å². The van der Waals surface area contributed by atoms with E-state index in [-0.39, 0.29) is 6.23 Å². The minimum atomic E-state index is 0.0169. The number of aliphatic imine (C=N–C) groups is 1. The quantitative estimate of drug-likeness (QED) is 0.834. The van der Waals surface area contributed by atoms with Gasteiger partial charge in [-0.2, -0.15) is 0 Å². The van der Waals surface area contributed by atoms with Crippen molar-refractivity contribution in [2.45, 2.75) is 19.1 Å². The molecular weight excluding hydrogens is 268 g/mol. The van der Waals surface area contributed by atoms with Crippen molar-refractivity contribution >= 4 is 22.9 Å². The van der Waals surface area contributed by atoms with E-state index in [0.29, 0.717) is 0 Å². The first-order valence-corrected chi connectivity index (χ1v) is 7.92. The first-order chi connectivity index (χ1) is 9.92. The van der Waals surface area contributed by atoms with Crippen molar-refractivity contribution in [1.29, 1.82) is 0 Å². The fraction of sp³-hybridized carbons (Fsp3) is 0.312. The van der Waals surface area contributed by atoms with Gasteiger partial charge in [0.15, 0.2) is 6.23 Å². The Bertz CT molecular complexity index is 630. The van der Waals surface area contributed by atoms with Crippen LogP contribution in [-0.2, 0) is 4.74 Å². The lowest BCUT2D eigenvalue weighted by atomic mass is 10.1. The van der Waals surface area contributed by atoms with Gasteiger partial charge in [0.2, 0.25) is 5.90 Å². The minimum Gasteiger partial charge on any atom is -0.453 e. The zero-order valence-electron chi connectivity index (χ0n) is 11.2. The molecule has 0 N–H and O–H groups in total. The second kappa shape index (κ2) is 5.04. The predicted octanol–water partition coefficient (Wildman–Crippen LogP) is 3.95. The molecule has 0 radical (unpaired) electrons. The summed E-state index contributed by atoms with van der Waals surface area (Å²) in [5.74, 6) is 0.760. The zero-order valence-corrected chi connectivity index (χ0v) is 12.0. The van der Waals surface area contributed by atoms with Gasteiger partial charge in [0, 0.05) is 18.7 Å². The van der Waals surface area contributed by atoms with E-state index in [0.717, 1.165) is 29.6 Å². The summed E-state index contributed by atoms with van der Waals surface area (Å²) in [6.07, 6.45) is 2.53. The maximum Gasteiger partial charge on any atom is 0.233 e. The van der Waals surface area contributed by atoms with Gasteiger partial charge in [0.1, 0.15) is 0 Å². The van der Waals surface area contributed by atoms with Gasteiger partial charge in [-0.05, 0) is 30.4 Å². The molecule has 1 aromatic heterocycles. The summed E-state index contributed by atoms with van der Waals surface area (Å²) in [5, 5.41) is 2.06. The molecule has 3 nitrogen and oxygen atoms in total. The topological polar surface area (TPSA) is 24.8 Å². The van der Waals surface area contributed by atoms with Crippen molar-refractivity contribution in [1.82, 2.24) is 4.90 Å². The summed E-state index contributed by atoms with van der Waals surface area (Å²) >= 11 is 1.67. The Kier molecular flexibility index (Phi) is 3.05. The molecule has 1 fully saturated rings. The molecule has 1 aromatic carbocycles. The molecular formula is C16H16N2OS. The zero-order chi connectivity index (χ0) is 13.4. The van der Waals surface area contributed by atoms with Crippen LogP contribution >= 0.6 is 11.3 Å². The van der Waals surface area contributed by atoms with Crippen LogP contribution < -0.4 is 0 Å². The van der Waals surface area contributed by atoms with E-state index in [2.05, 4.69) is 39.5 Å². The van der Waals surface area contributed by atoms with Gasteiger partial charge in [-0.1, -0.05) is 24.3 Å². The number of benzene rings is 1. The summed E-state index contributed by atoms with van der Waals surface area (Å²) in [5.41, 5.74) is 2.23. The molecule has 0 spiro atoms. The Labute approximate surface area is 122 Å². The third-order valence-electron chi connectivity index (χ3n) is 3.85. The molecule has 3 heterocycles. The highest BCUT2D eigenvalue weighted by molar-refractivity contribution is 7.12. The molecule has 1 unspecified atom stereocenters. The molecule has 4 heteroatoms. The predicted molar refractivity (Wildman–Crippen MR) is 81.6 cm³/mol. The number of fused-ring (bicyclic) bond motifs is 1. The standard InChI is InChI=1S/C16H16N2OS/c1-2-7-13-12(6-1)16(18-9-3-4-10-18)19-15(17-13)14-8-5-11-20-14/h1-2,5-8,11,16H,3-4,9-10H2. The van der Waals surface area contributed by atoms with Crippen molar-refractivity contribution in [2.24, 2.45) is 4.99 Å². The fourth-order valence-corrected chi connectivity index (χ4v) is 3.52. The van der Waals surface area contributed by atoms with Crippen LogP contribution in [0.4, 0.5) is 5.69 Å². The molecule has 2 aliphatic rings. The number of para-hydroxylation sites is 1. The van der Waals surface area contributed by atoms with Crippen molar-refractivity contribution in [3.63, 3.8) is 0 Å². The lowest BCUT2D eigenvalue weighted by molar-refractivity contribution is 0.0297. The van der Waals surface area contributed by atoms with E-state index in [1.807, 2.05) is 12.1 Å². The molecule has 0 saturated carbocycles. The van der Waals surface area contributed by atoms with Crippen LogP contribution in [-0.4, -0.2) is 23.9 Å². The average molecular weight is 284 g/mol. The lowest BCUT2D eigenvalue weighted by Crippen LogP contribution is -2.31. The van der Waals surface area contributed by atoms with Gasteiger partial charge in [-0.3, -0.25) is 4.90 Å². The van der Waals surface area contributed by atoms with Crippen LogP contribution in [0.15, 0.2) is 46.8 Å². The Hall–Kier alpha value is -1.65. The fourth-order valence-electron chi connectivity index (χ4n) is 2.86. The third kappa shape index (κ3) is 2.05. The number of ether oxygens (including phenoxy) is 1. The number of rotatable bonds is 2. The van der Waals surface area contributed by atoms with Crippen LogP contribution in [0.5, 0.6) is 0 Å². The highest BCUT2D eigenvalue weighted by Crippen LogP contribution is 2.37. The Morgan fingerprint density at radius 3 is 2.75 bits per heavy atom. The maximum atomic E-state index is 6.23. The Balaban J connectivity index is 1.76. The van der Waals surface area contributed by atoms with Crippen LogP contribution in [0.2, 0.25) is 0 Å². The van der Waals surface area contributed by atoms with E-state index in [1.54, 1.807) is 11.3 Å². The molecule has 102 valence electrons. The number of thiophene rings is 1. The van der Waals surface area contributed by atoms with Gasteiger partial charge in [0.05, 0.1) is 10.6 Å². The Morgan fingerprint density at radius 2 is 1.95 bits per heavy atom. The second-order valence-corrected chi connectivity index (χ2v) is 6.11. The first kappa shape index (κ1) is 12.1. The van der Waals surface area contributed by atoms with Gasteiger partial charge in [-0.15, -0.1) is 11.3 Å². The molecule has 2 aliphatic heterocycles. The van der Waals surface area contributed by atoms with E-state index in [4.69, 9.17) is 4.74 Å². The third-order valence-corrected chi connectivity index (χ3v) is 4.71. The minimum absolute atomic E-state index is 0.0169. The van der Waals surface area contributed by atoms with Gasteiger partial charge in [0.25, 0.3) is 0 Å². The molecule has 2 aromatic rings. The summed E-state index contributed by atoms with van der Waals surface area (Å²) in [7, 11) is 0. The average Bonchev–Trinajstić information content (AvgIpc) is 3.19. The summed E-state index contributed by atoms with van der Waals surface area (Å²) in [6.45, 7) is 2.22. The monoisotopic (exact) mass is 284 g/mol. The Morgan fingerprint density at radius 1 is 1.10 bits per heavy atom. The van der Waals surface area contributed by atoms with E-state index < -0.39 is 0 Å². The van der Waals surface area contributed by atoms with Gasteiger partial charge < -0.3 is 4.74 Å². The molecule has 1 atom stereocenters. The lowest BCUT2D eigenvalue weighted by Gasteiger charge is -2.32. The molecule has 0 amide bonds. The summed E-state index contributed by atoms with van der Waals surface area (Å²) < 4.78 is 6.23. The van der Waals surface area contributed by atoms with Crippen molar-refractivity contribution < 1.29 is 4.74 Å². The van der Waals surface area contributed by atoms with E-state index in [9.17, 15) is 0 Å².